The molecule has 0 aliphatic carbocycles. The fraction of sp³-hybridized carbons (Fsp3) is 0.571. The number of amides is 2. The van der Waals surface area contributed by atoms with Crippen molar-refractivity contribution in [1.29, 1.82) is 0 Å². The average Bonchev–Trinajstić information content (AvgIpc) is 2.78. The number of piperidine rings is 1. The van der Waals surface area contributed by atoms with Gasteiger partial charge in [0.2, 0.25) is 5.91 Å². The number of nitrogens with zero attached hydrogens (tertiary/aromatic N) is 3. The monoisotopic (exact) mass is 468 g/mol. The first kappa shape index (κ1) is 22.3. The Morgan fingerprint density at radius 3 is 2.71 bits per heavy atom. The Labute approximate surface area is 191 Å². The standard InChI is InChI=1S/C21H26Cl2N4O4/c22-17-2-1-15(11-18(17)23)31-14-5-7-26(8-6-14)12-16-13-27(9-10-30-16)21(29)19-3-4-20(28)25-24-19/h1-2,11,14,16H,3-10,12-13H2,(H,25,28). The van der Waals surface area contributed by atoms with Crippen molar-refractivity contribution in [1.82, 2.24) is 15.2 Å². The zero-order valence-corrected chi connectivity index (χ0v) is 18.7. The lowest BCUT2D eigenvalue weighted by molar-refractivity contribution is -0.132. The third-order valence-corrected chi connectivity index (χ3v) is 6.51. The highest BCUT2D eigenvalue weighted by atomic mass is 35.5. The summed E-state index contributed by atoms with van der Waals surface area (Å²) >= 11 is 12.0. The molecule has 2 fully saturated rings. The largest absolute Gasteiger partial charge is 0.490 e. The van der Waals surface area contributed by atoms with E-state index in [4.69, 9.17) is 32.7 Å². The van der Waals surface area contributed by atoms with Gasteiger partial charge in [-0.25, -0.2) is 5.43 Å². The number of hydrogen-bond donors (Lipinski definition) is 1. The number of halogens is 2. The highest BCUT2D eigenvalue weighted by Gasteiger charge is 2.30. The predicted octanol–water partition coefficient (Wildman–Crippen LogP) is 2.33. The maximum atomic E-state index is 12.7. The van der Waals surface area contributed by atoms with Crippen LogP contribution in [0.25, 0.3) is 0 Å². The molecular formula is C21H26Cl2N4O4. The molecule has 1 aromatic rings. The van der Waals surface area contributed by atoms with Crippen molar-refractivity contribution < 1.29 is 19.1 Å². The molecule has 3 aliphatic heterocycles. The van der Waals surface area contributed by atoms with E-state index < -0.39 is 0 Å². The first-order valence-corrected chi connectivity index (χ1v) is 11.3. The number of carbonyl (C=O) groups excluding carboxylic acids is 2. The number of hydrazone groups is 1. The number of benzene rings is 1. The van der Waals surface area contributed by atoms with E-state index >= 15 is 0 Å². The van der Waals surface area contributed by atoms with Crippen LogP contribution in [0.3, 0.4) is 0 Å². The summed E-state index contributed by atoms with van der Waals surface area (Å²) in [6.45, 7) is 4.16. The number of likely N-dealkylation sites (tertiary alicyclic amines) is 1. The Kier molecular flexibility index (Phi) is 7.32. The molecule has 8 nitrogen and oxygen atoms in total. The van der Waals surface area contributed by atoms with Crippen LogP contribution in [0, 0.1) is 0 Å². The maximum absolute atomic E-state index is 12.7. The molecule has 0 bridgehead atoms. The van der Waals surface area contributed by atoms with Crippen LogP contribution in [0.1, 0.15) is 25.7 Å². The summed E-state index contributed by atoms with van der Waals surface area (Å²) < 4.78 is 12.0. The summed E-state index contributed by atoms with van der Waals surface area (Å²) in [7, 11) is 0. The average molecular weight is 469 g/mol. The van der Waals surface area contributed by atoms with Crippen molar-refractivity contribution in [3.05, 3.63) is 28.2 Å². The van der Waals surface area contributed by atoms with Crippen LogP contribution in [0.2, 0.25) is 10.0 Å². The van der Waals surface area contributed by atoms with Gasteiger partial charge in [-0.05, 0) is 25.0 Å². The molecule has 0 saturated carbocycles. The minimum absolute atomic E-state index is 0.0379. The number of morpholine rings is 1. The lowest BCUT2D eigenvalue weighted by Crippen LogP contribution is -2.53. The zero-order valence-electron chi connectivity index (χ0n) is 17.2. The molecule has 1 aromatic carbocycles. The second kappa shape index (κ2) is 10.2. The number of ether oxygens (including phenoxy) is 2. The Bertz CT molecular complexity index is 858. The Hall–Kier alpha value is -1.87. The van der Waals surface area contributed by atoms with Gasteiger partial charge in [0.1, 0.15) is 17.6 Å². The second-order valence-electron chi connectivity index (χ2n) is 8.03. The topological polar surface area (TPSA) is 83.5 Å². The molecule has 1 N–H and O–H groups in total. The van der Waals surface area contributed by atoms with Crippen LogP contribution < -0.4 is 10.2 Å². The lowest BCUT2D eigenvalue weighted by Gasteiger charge is -2.38. The second-order valence-corrected chi connectivity index (χ2v) is 8.85. The molecule has 2 amide bonds. The highest BCUT2D eigenvalue weighted by molar-refractivity contribution is 6.42. The van der Waals surface area contributed by atoms with Gasteiger partial charge in [0.15, 0.2) is 0 Å². The third kappa shape index (κ3) is 5.88. The number of nitrogens with one attached hydrogen (secondary N) is 1. The lowest BCUT2D eigenvalue weighted by atomic mass is 10.1. The van der Waals surface area contributed by atoms with E-state index in [1.54, 1.807) is 17.0 Å². The molecule has 2 saturated heterocycles. The van der Waals surface area contributed by atoms with E-state index in [0.717, 1.165) is 38.2 Å². The third-order valence-electron chi connectivity index (χ3n) is 5.77. The van der Waals surface area contributed by atoms with Crippen LogP contribution in [-0.4, -0.2) is 78.9 Å². The minimum atomic E-state index is -0.150. The van der Waals surface area contributed by atoms with Gasteiger partial charge in [0.05, 0.1) is 22.8 Å². The zero-order chi connectivity index (χ0) is 21.8. The first-order chi connectivity index (χ1) is 15.0. The molecule has 3 heterocycles. The number of carbonyl (C=O) groups is 2. The summed E-state index contributed by atoms with van der Waals surface area (Å²) in [6.07, 6.45) is 2.61. The molecule has 10 heteroatoms. The molecule has 4 rings (SSSR count). The van der Waals surface area contributed by atoms with E-state index in [-0.39, 0.29) is 24.0 Å². The van der Waals surface area contributed by atoms with E-state index in [1.165, 1.54) is 0 Å². The number of rotatable bonds is 5. The van der Waals surface area contributed by atoms with Crippen molar-refractivity contribution in [2.75, 3.05) is 39.3 Å². The quantitative estimate of drug-likeness (QED) is 0.716. The summed E-state index contributed by atoms with van der Waals surface area (Å²) in [6, 6.07) is 5.33. The summed E-state index contributed by atoms with van der Waals surface area (Å²) in [4.78, 5) is 28.1. The van der Waals surface area contributed by atoms with Gasteiger partial charge in [-0.1, -0.05) is 23.2 Å². The fourth-order valence-electron chi connectivity index (χ4n) is 4.07. The van der Waals surface area contributed by atoms with E-state index in [1.807, 2.05) is 6.07 Å². The van der Waals surface area contributed by atoms with Gasteiger partial charge in [-0.3, -0.25) is 9.59 Å². The molecular weight excluding hydrogens is 443 g/mol. The van der Waals surface area contributed by atoms with Gasteiger partial charge >= 0.3 is 0 Å². The molecule has 0 spiro atoms. The van der Waals surface area contributed by atoms with Crippen LogP contribution in [0.4, 0.5) is 0 Å². The molecule has 1 atom stereocenters. The summed E-state index contributed by atoms with van der Waals surface area (Å²) in [5.74, 6) is 0.476. The van der Waals surface area contributed by atoms with E-state index in [2.05, 4.69) is 15.4 Å². The smallest absolute Gasteiger partial charge is 0.270 e. The van der Waals surface area contributed by atoms with Gasteiger partial charge in [-0.15, -0.1) is 0 Å². The van der Waals surface area contributed by atoms with Gasteiger partial charge in [0, 0.05) is 51.6 Å². The van der Waals surface area contributed by atoms with Crippen LogP contribution in [0.5, 0.6) is 5.75 Å². The molecule has 0 aromatic heterocycles. The van der Waals surface area contributed by atoms with Crippen molar-refractivity contribution in [2.45, 2.75) is 37.9 Å². The van der Waals surface area contributed by atoms with Gasteiger partial charge in [0.25, 0.3) is 5.91 Å². The Balaban J connectivity index is 1.23. The van der Waals surface area contributed by atoms with Gasteiger partial charge < -0.3 is 19.3 Å². The van der Waals surface area contributed by atoms with E-state index in [0.29, 0.717) is 48.3 Å². The molecule has 3 aliphatic rings. The summed E-state index contributed by atoms with van der Waals surface area (Å²) in [5, 5.41) is 4.93. The van der Waals surface area contributed by atoms with E-state index in [9.17, 15) is 9.59 Å². The normalized spacial score (nSPS) is 23.3. The molecule has 31 heavy (non-hydrogen) atoms. The fourth-order valence-corrected chi connectivity index (χ4v) is 4.35. The van der Waals surface area contributed by atoms with Crippen molar-refractivity contribution in [3.63, 3.8) is 0 Å². The molecule has 168 valence electrons. The van der Waals surface area contributed by atoms with Crippen molar-refractivity contribution in [3.8, 4) is 5.75 Å². The first-order valence-electron chi connectivity index (χ1n) is 10.6. The molecule has 1 unspecified atom stereocenters. The molecule has 0 radical (unpaired) electrons. The van der Waals surface area contributed by atoms with Crippen LogP contribution in [-0.2, 0) is 14.3 Å². The SMILES string of the molecule is O=C1CCC(C(=O)N2CCOC(CN3CCC(Oc4ccc(Cl)c(Cl)c4)CC3)C2)=NN1. The predicted molar refractivity (Wildman–Crippen MR) is 118 cm³/mol. The Morgan fingerprint density at radius 2 is 2.00 bits per heavy atom. The number of hydrogen-bond acceptors (Lipinski definition) is 6. The maximum Gasteiger partial charge on any atom is 0.270 e. The summed E-state index contributed by atoms with van der Waals surface area (Å²) in [5.41, 5.74) is 2.81. The van der Waals surface area contributed by atoms with Crippen LogP contribution in [0.15, 0.2) is 23.3 Å². The van der Waals surface area contributed by atoms with Gasteiger partial charge in [-0.2, -0.15) is 5.10 Å². The van der Waals surface area contributed by atoms with Crippen molar-refractivity contribution in [2.24, 2.45) is 5.10 Å². The minimum Gasteiger partial charge on any atom is -0.490 e. The highest BCUT2D eigenvalue weighted by Crippen LogP contribution is 2.28. The Morgan fingerprint density at radius 1 is 1.19 bits per heavy atom. The van der Waals surface area contributed by atoms with Crippen molar-refractivity contribution >= 4 is 40.7 Å². The van der Waals surface area contributed by atoms with Crippen LogP contribution >= 0.6 is 23.2 Å².